The Labute approximate surface area is 187 Å². The molecule has 3 aromatic rings. The minimum atomic E-state index is -0.613. The first kappa shape index (κ1) is 23.1. The molecule has 32 heavy (non-hydrogen) atoms. The van der Waals surface area contributed by atoms with Crippen molar-refractivity contribution in [2.45, 2.75) is 52.7 Å². The number of pyridine rings is 3. The predicted molar refractivity (Wildman–Crippen MR) is 121 cm³/mol. The first-order valence-corrected chi connectivity index (χ1v) is 10.3. The summed E-state index contributed by atoms with van der Waals surface area (Å²) in [5.74, 6) is -0.996. The zero-order valence-electron chi connectivity index (χ0n) is 19.2. The van der Waals surface area contributed by atoms with E-state index in [-0.39, 0.29) is 11.4 Å². The number of ether oxygens (including phenoxy) is 2. The van der Waals surface area contributed by atoms with Crippen LogP contribution in [0.2, 0.25) is 0 Å². The highest BCUT2D eigenvalue weighted by molar-refractivity contribution is 5.89. The monoisotopic (exact) mass is 433 g/mol. The van der Waals surface area contributed by atoms with Gasteiger partial charge < -0.3 is 9.47 Å². The maximum atomic E-state index is 12.4. The molecule has 0 amide bonds. The smallest absolute Gasteiger partial charge is 0.357 e. The minimum Gasteiger partial charge on any atom is -0.455 e. The molecule has 0 N–H and O–H groups in total. The van der Waals surface area contributed by atoms with Crippen LogP contribution < -0.4 is 0 Å². The van der Waals surface area contributed by atoms with E-state index in [1.807, 2.05) is 6.07 Å². The van der Waals surface area contributed by atoms with Gasteiger partial charge in [-0.05, 0) is 77.9 Å². The van der Waals surface area contributed by atoms with Gasteiger partial charge in [-0.15, -0.1) is 0 Å². The summed E-state index contributed by atoms with van der Waals surface area (Å²) in [4.78, 5) is 38.2. The molecule has 0 aliphatic rings. The highest BCUT2D eigenvalue weighted by Crippen LogP contribution is 2.22. The number of hydrogen-bond acceptors (Lipinski definition) is 7. The lowest BCUT2D eigenvalue weighted by Crippen LogP contribution is -2.24. The lowest BCUT2D eigenvalue weighted by molar-refractivity contribution is 0.00507. The Kier molecular flexibility index (Phi) is 6.39. The van der Waals surface area contributed by atoms with Gasteiger partial charge in [0.1, 0.15) is 22.6 Å². The number of nitrogens with zero attached hydrogens (tertiary/aromatic N) is 3. The Bertz CT molecular complexity index is 1060. The van der Waals surface area contributed by atoms with Crippen LogP contribution in [0.15, 0.2) is 54.6 Å². The summed E-state index contributed by atoms with van der Waals surface area (Å²) in [6, 6.07) is 15.6. The van der Waals surface area contributed by atoms with Gasteiger partial charge in [-0.1, -0.05) is 18.2 Å². The first-order valence-electron chi connectivity index (χ1n) is 10.3. The molecule has 166 valence electrons. The number of aromatic nitrogens is 3. The zero-order valence-corrected chi connectivity index (χ0v) is 19.2. The van der Waals surface area contributed by atoms with Gasteiger partial charge in [-0.2, -0.15) is 0 Å². The normalized spacial score (nSPS) is 11.7. The van der Waals surface area contributed by atoms with Gasteiger partial charge in [0.2, 0.25) is 0 Å². The molecular weight excluding hydrogens is 406 g/mol. The molecular formula is C25H27N3O4. The molecule has 3 aromatic heterocycles. The lowest BCUT2D eigenvalue weighted by atomic mass is 10.1. The van der Waals surface area contributed by atoms with Gasteiger partial charge in [-0.25, -0.2) is 24.5 Å². The molecule has 0 saturated carbocycles. The second kappa shape index (κ2) is 8.86. The van der Waals surface area contributed by atoms with E-state index in [4.69, 9.17) is 9.47 Å². The molecule has 0 radical (unpaired) electrons. The SMILES string of the molecule is CC(C)(C)OC(=O)c1cccc(-c2cccc(-c3cccc(C(=O)OC(C)(C)C)n3)n2)n1. The average molecular weight is 434 g/mol. The van der Waals surface area contributed by atoms with Gasteiger partial charge in [0, 0.05) is 0 Å². The second-order valence-electron chi connectivity index (χ2n) is 9.23. The fourth-order valence-corrected chi connectivity index (χ4v) is 2.76. The molecule has 7 nitrogen and oxygen atoms in total. The average Bonchev–Trinajstić information content (AvgIpc) is 2.72. The van der Waals surface area contributed by atoms with Crippen molar-refractivity contribution in [2.24, 2.45) is 0 Å². The largest absolute Gasteiger partial charge is 0.455 e. The van der Waals surface area contributed by atoms with Crippen molar-refractivity contribution in [2.75, 3.05) is 0 Å². The first-order chi connectivity index (χ1) is 14.9. The molecule has 0 aliphatic carbocycles. The van der Waals surface area contributed by atoms with Gasteiger partial charge in [0.25, 0.3) is 0 Å². The highest BCUT2D eigenvalue weighted by atomic mass is 16.6. The molecule has 0 spiro atoms. The molecule has 3 heterocycles. The second-order valence-corrected chi connectivity index (χ2v) is 9.23. The Morgan fingerprint density at radius 1 is 0.562 bits per heavy atom. The van der Waals surface area contributed by atoms with Gasteiger partial charge >= 0.3 is 11.9 Å². The molecule has 0 saturated heterocycles. The summed E-state index contributed by atoms with van der Waals surface area (Å²) in [6.45, 7) is 10.8. The van der Waals surface area contributed by atoms with Crippen LogP contribution >= 0.6 is 0 Å². The number of esters is 2. The van der Waals surface area contributed by atoms with Crippen LogP contribution in [-0.2, 0) is 9.47 Å². The predicted octanol–water partition coefficient (Wildman–Crippen LogP) is 5.12. The van der Waals surface area contributed by atoms with Crippen molar-refractivity contribution >= 4 is 11.9 Å². The van der Waals surface area contributed by atoms with Crippen LogP contribution in [-0.4, -0.2) is 38.1 Å². The molecule has 0 aromatic carbocycles. The molecule has 3 rings (SSSR count). The third-order valence-electron chi connectivity index (χ3n) is 3.99. The fourth-order valence-electron chi connectivity index (χ4n) is 2.76. The molecule has 0 atom stereocenters. The van der Waals surface area contributed by atoms with E-state index in [0.717, 1.165) is 0 Å². The summed E-state index contributed by atoms with van der Waals surface area (Å²) in [7, 11) is 0. The maximum absolute atomic E-state index is 12.4. The molecule has 0 unspecified atom stereocenters. The summed E-state index contributed by atoms with van der Waals surface area (Å²) in [6.07, 6.45) is 0. The topological polar surface area (TPSA) is 91.3 Å². The Balaban J connectivity index is 1.90. The Hall–Kier alpha value is -3.61. The lowest BCUT2D eigenvalue weighted by Gasteiger charge is -2.19. The van der Waals surface area contributed by atoms with E-state index in [2.05, 4.69) is 15.0 Å². The Morgan fingerprint density at radius 2 is 0.875 bits per heavy atom. The minimum absolute atomic E-state index is 0.203. The number of carbonyl (C=O) groups excluding carboxylic acids is 2. The third-order valence-corrected chi connectivity index (χ3v) is 3.99. The molecule has 0 fully saturated rings. The van der Waals surface area contributed by atoms with Crippen molar-refractivity contribution in [3.05, 3.63) is 66.0 Å². The van der Waals surface area contributed by atoms with Crippen molar-refractivity contribution < 1.29 is 19.1 Å². The van der Waals surface area contributed by atoms with Gasteiger partial charge in [-0.3, -0.25) is 0 Å². The summed E-state index contributed by atoms with van der Waals surface area (Å²) in [5.41, 5.74) is 1.37. The van der Waals surface area contributed by atoms with Crippen LogP contribution in [0, 0.1) is 0 Å². The van der Waals surface area contributed by atoms with E-state index >= 15 is 0 Å². The van der Waals surface area contributed by atoms with Crippen molar-refractivity contribution in [1.29, 1.82) is 0 Å². The van der Waals surface area contributed by atoms with E-state index in [1.54, 1.807) is 90.1 Å². The zero-order chi connectivity index (χ0) is 23.5. The van der Waals surface area contributed by atoms with Crippen LogP contribution in [0.4, 0.5) is 0 Å². The third kappa shape index (κ3) is 6.20. The van der Waals surface area contributed by atoms with E-state index in [1.165, 1.54) is 0 Å². The quantitative estimate of drug-likeness (QED) is 0.528. The fraction of sp³-hybridized carbons (Fsp3) is 0.320. The van der Waals surface area contributed by atoms with E-state index < -0.39 is 23.1 Å². The highest BCUT2D eigenvalue weighted by Gasteiger charge is 2.21. The van der Waals surface area contributed by atoms with Crippen molar-refractivity contribution in [3.8, 4) is 22.8 Å². The maximum Gasteiger partial charge on any atom is 0.357 e. The van der Waals surface area contributed by atoms with Crippen LogP contribution in [0.3, 0.4) is 0 Å². The number of hydrogen-bond donors (Lipinski definition) is 0. The van der Waals surface area contributed by atoms with Gasteiger partial charge in [0.05, 0.1) is 22.8 Å². The number of rotatable bonds is 4. The van der Waals surface area contributed by atoms with Gasteiger partial charge in [0.15, 0.2) is 0 Å². The van der Waals surface area contributed by atoms with Crippen molar-refractivity contribution in [3.63, 3.8) is 0 Å². The van der Waals surface area contributed by atoms with E-state index in [0.29, 0.717) is 22.8 Å². The summed E-state index contributed by atoms with van der Waals surface area (Å²) in [5, 5.41) is 0. The standard InChI is InChI=1S/C25H27N3O4/c1-24(2,3)31-22(29)20-14-8-12-18(27-20)16-10-7-11-17(26-16)19-13-9-15-21(28-19)23(30)32-25(4,5)6/h7-15H,1-6H3. The van der Waals surface area contributed by atoms with E-state index in [9.17, 15) is 9.59 Å². The molecule has 7 heteroatoms. The molecule has 0 aliphatic heterocycles. The number of carbonyl (C=O) groups is 2. The van der Waals surface area contributed by atoms with Crippen LogP contribution in [0.5, 0.6) is 0 Å². The summed E-state index contributed by atoms with van der Waals surface area (Å²) >= 11 is 0. The van der Waals surface area contributed by atoms with Crippen LogP contribution in [0.25, 0.3) is 22.8 Å². The molecule has 0 bridgehead atoms. The Morgan fingerprint density at radius 3 is 1.22 bits per heavy atom. The summed E-state index contributed by atoms with van der Waals surface area (Å²) < 4.78 is 10.8. The van der Waals surface area contributed by atoms with Crippen LogP contribution in [0.1, 0.15) is 62.5 Å². The van der Waals surface area contributed by atoms with Crippen molar-refractivity contribution in [1.82, 2.24) is 15.0 Å².